The van der Waals surface area contributed by atoms with Crippen LogP contribution in [0.15, 0.2) is 0 Å². The number of ether oxygens (including phenoxy) is 1. The van der Waals surface area contributed by atoms with E-state index in [1.807, 2.05) is 18.7 Å². The Morgan fingerprint density at radius 1 is 1.41 bits per heavy atom. The summed E-state index contributed by atoms with van der Waals surface area (Å²) in [6, 6.07) is 0. The highest BCUT2D eigenvalue weighted by Gasteiger charge is 2.26. The monoisotopic (exact) mass is 239 g/mol. The molecule has 7 nitrogen and oxygen atoms in total. The molecule has 2 rings (SSSR count). The minimum absolute atomic E-state index is 0.0462. The van der Waals surface area contributed by atoms with Gasteiger partial charge >= 0.3 is 0 Å². The van der Waals surface area contributed by atoms with Gasteiger partial charge in [0, 0.05) is 20.1 Å². The summed E-state index contributed by atoms with van der Waals surface area (Å²) in [7, 11) is 1.73. The van der Waals surface area contributed by atoms with Crippen molar-refractivity contribution in [2.75, 3.05) is 13.1 Å². The van der Waals surface area contributed by atoms with Crippen LogP contribution in [-0.4, -0.2) is 56.3 Å². The Hall–Kier alpha value is -1.50. The van der Waals surface area contributed by atoms with Crippen LogP contribution in [0.3, 0.4) is 0 Å². The Balaban J connectivity index is 1.98. The summed E-state index contributed by atoms with van der Waals surface area (Å²) in [6.07, 6.45) is 0.406. The van der Waals surface area contributed by atoms with Crippen molar-refractivity contribution < 1.29 is 9.53 Å². The topological polar surface area (TPSA) is 73.1 Å². The van der Waals surface area contributed by atoms with E-state index in [2.05, 4.69) is 15.5 Å². The quantitative estimate of drug-likeness (QED) is 0.688. The fourth-order valence-corrected chi connectivity index (χ4v) is 2.03. The highest BCUT2D eigenvalue weighted by Crippen LogP contribution is 2.11. The summed E-state index contributed by atoms with van der Waals surface area (Å²) >= 11 is 0. The molecule has 1 aliphatic rings. The van der Waals surface area contributed by atoms with Gasteiger partial charge in [0.2, 0.25) is 5.91 Å². The van der Waals surface area contributed by atoms with Crippen LogP contribution in [0, 0.1) is 0 Å². The predicted molar refractivity (Wildman–Crippen MR) is 59.1 cm³/mol. The number of nitrogens with zero attached hydrogens (tertiary/aromatic N) is 5. The molecule has 17 heavy (non-hydrogen) atoms. The van der Waals surface area contributed by atoms with E-state index in [0.29, 0.717) is 18.9 Å². The lowest BCUT2D eigenvalue weighted by molar-refractivity contribution is -0.142. The van der Waals surface area contributed by atoms with Crippen LogP contribution in [0.2, 0.25) is 0 Å². The van der Waals surface area contributed by atoms with E-state index < -0.39 is 0 Å². The third kappa shape index (κ3) is 2.79. The molecule has 1 amide bonds. The molecular formula is C10H17N5O2. The number of amides is 1. The Morgan fingerprint density at radius 2 is 2.06 bits per heavy atom. The molecule has 1 aliphatic heterocycles. The van der Waals surface area contributed by atoms with E-state index in [9.17, 15) is 4.79 Å². The molecule has 0 saturated carbocycles. The summed E-state index contributed by atoms with van der Waals surface area (Å²) in [5.41, 5.74) is 0. The van der Waals surface area contributed by atoms with Gasteiger partial charge in [0.05, 0.1) is 18.6 Å². The van der Waals surface area contributed by atoms with Gasteiger partial charge in [-0.1, -0.05) is 0 Å². The van der Waals surface area contributed by atoms with E-state index >= 15 is 0 Å². The van der Waals surface area contributed by atoms with E-state index in [-0.39, 0.29) is 24.5 Å². The molecule has 2 atom stereocenters. The molecule has 94 valence electrons. The number of hydrogen-bond acceptors (Lipinski definition) is 5. The number of carbonyl (C=O) groups excluding carboxylic acids is 1. The average molecular weight is 239 g/mol. The lowest BCUT2D eigenvalue weighted by Gasteiger charge is -2.35. The van der Waals surface area contributed by atoms with E-state index in [4.69, 9.17) is 4.74 Å². The number of hydrogen-bond donors (Lipinski definition) is 0. The Bertz CT molecular complexity index is 395. The van der Waals surface area contributed by atoms with Crippen LogP contribution in [0.25, 0.3) is 0 Å². The Morgan fingerprint density at radius 3 is 2.59 bits per heavy atom. The first-order chi connectivity index (χ1) is 8.06. The Labute approximate surface area is 99.7 Å². The third-order valence-corrected chi connectivity index (χ3v) is 2.79. The Kier molecular flexibility index (Phi) is 3.37. The largest absolute Gasteiger partial charge is 0.372 e. The van der Waals surface area contributed by atoms with Crippen molar-refractivity contribution in [3.05, 3.63) is 5.82 Å². The van der Waals surface area contributed by atoms with Crippen molar-refractivity contribution in [2.24, 2.45) is 7.05 Å². The lowest BCUT2D eigenvalue weighted by Crippen LogP contribution is -2.48. The fraction of sp³-hybridized carbons (Fsp3) is 0.800. The van der Waals surface area contributed by atoms with Gasteiger partial charge in [-0.25, -0.2) is 4.68 Å². The van der Waals surface area contributed by atoms with Gasteiger partial charge in [0.25, 0.3) is 0 Å². The zero-order chi connectivity index (χ0) is 12.4. The number of rotatable bonds is 2. The number of morpholine rings is 1. The molecule has 0 aromatic carbocycles. The fourth-order valence-electron chi connectivity index (χ4n) is 2.03. The van der Waals surface area contributed by atoms with Crippen molar-refractivity contribution in [3.8, 4) is 0 Å². The summed E-state index contributed by atoms with van der Waals surface area (Å²) in [6.45, 7) is 5.21. The smallest absolute Gasteiger partial charge is 0.230 e. The summed E-state index contributed by atoms with van der Waals surface area (Å²) in [5.74, 6) is 0.631. The highest BCUT2D eigenvalue weighted by molar-refractivity contribution is 5.78. The zero-order valence-electron chi connectivity index (χ0n) is 10.3. The molecule has 0 spiro atoms. The first kappa shape index (κ1) is 12.0. The van der Waals surface area contributed by atoms with Crippen molar-refractivity contribution in [3.63, 3.8) is 0 Å². The van der Waals surface area contributed by atoms with E-state index in [1.165, 1.54) is 4.68 Å². The lowest BCUT2D eigenvalue weighted by atomic mass is 10.2. The molecule has 0 N–H and O–H groups in total. The second kappa shape index (κ2) is 4.79. The van der Waals surface area contributed by atoms with Gasteiger partial charge in [-0.15, -0.1) is 5.10 Å². The van der Waals surface area contributed by atoms with Gasteiger partial charge in [0.15, 0.2) is 5.82 Å². The standard InChI is InChI=1S/C10H17N5O2/c1-7-5-15(6-8(2)17-7)10(16)4-9-11-12-13-14(9)3/h7-8H,4-6H2,1-3H3. The number of aromatic nitrogens is 4. The minimum atomic E-state index is 0.0462. The van der Waals surface area contributed by atoms with Crippen molar-refractivity contribution >= 4 is 5.91 Å². The number of carbonyl (C=O) groups is 1. The van der Waals surface area contributed by atoms with Gasteiger partial charge in [0.1, 0.15) is 0 Å². The van der Waals surface area contributed by atoms with Crippen molar-refractivity contribution in [1.29, 1.82) is 0 Å². The predicted octanol–water partition coefficient (Wildman–Crippen LogP) is -0.612. The normalized spacial score (nSPS) is 25.0. The molecule has 1 aromatic heterocycles. The molecule has 0 bridgehead atoms. The maximum Gasteiger partial charge on any atom is 0.230 e. The van der Waals surface area contributed by atoms with Crippen LogP contribution in [0.1, 0.15) is 19.7 Å². The molecule has 2 unspecified atom stereocenters. The van der Waals surface area contributed by atoms with Crippen LogP contribution in [0.4, 0.5) is 0 Å². The third-order valence-electron chi connectivity index (χ3n) is 2.79. The molecule has 7 heteroatoms. The van der Waals surface area contributed by atoms with Crippen molar-refractivity contribution in [2.45, 2.75) is 32.5 Å². The molecule has 1 aromatic rings. The van der Waals surface area contributed by atoms with E-state index in [0.717, 1.165) is 0 Å². The molecule has 1 fully saturated rings. The summed E-state index contributed by atoms with van der Waals surface area (Å²) in [4.78, 5) is 13.9. The number of tetrazole rings is 1. The second-order valence-corrected chi connectivity index (χ2v) is 4.45. The summed E-state index contributed by atoms with van der Waals surface area (Å²) in [5, 5.41) is 11.0. The average Bonchev–Trinajstić information content (AvgIpc) is 2.63. The van der Waals surface area contributed by atoms with Crippen molar-refractivity contribution in [1.82, 2.24) is 25.1 Å². The minimum Gasteiger partial charge on any atom is -0.372 e. The van der Waals surface area contributed by atoms with Crippen LogP contribution in [-0.2, 0) is 23.0 Å². The highest BCUT2D eigenvalue weighted by atomic mass is 16.5. The van der Waals surface area contributed by atoms with Gasteiger partial charge in [-0.2, -0.15) is 0 Å². The molecule has 0 radical (unpaired) electrons. The maximum atomic E-state index is 12.1. The SMILES string of the molecule is CC1CN(C(=O)Cc2nnnn2C)CC(C)O1. The van der Waals surface area contributed by atoms with E-state index in [1.54, 1.807) is 7.05 Å². The van der Waals surface area contributed by atoms with Gasteiger partial charge < -0.3 is 9.64 Å². The molecule has 2 heterocycles. The van der Waals surface area contributed by atoms with Gasteiger partial charge in [-0.3, -0.25) is 4.79 Å². The maximum absolute atomic E-state index is 12.1. The van der Waals surface area contributed by atoms with Gasteiger partial charge in [-0.05, 0) is 24.3 Å². The zero-order valence-corrected chi connectivity index (χ0v) is 10.3. The second-order valence-electron chi connectivity index (χ2n) is 4.45. The van der Waals surface area contributed by atoms with Crippen LogP contribution in [0.5, 0.6) is 0 Å². The van der Waals surface area contributed by atoms with Crippen LogP contribution >= 0.6 is 0 Å². The first-order valence-electron chi connectivity index (χ1n) is 5.70. The molecule has 1 saturated heterocycles. The first-order valence-corrected chi connectivity index (χ1v) is 5.70. The van der Waals surface area contributed by atoms with Crippen LogP contribution < -0.4 is 0 Å². The molecular weight excluding hydrogens is 222 g/mol. The summed E-state index contributed by atoms with van der Waals surface area (Å²) < 4.78 is 7.11. The number of aryl methyl sites for hydroxylation is 1. The molecule has 0 aliphatic carbocycles.